The molecule has 0 unspecified atom stereocenters. The number of rotatable bonds is 11. The van der Waals surface area contributed by atoms with E-state index in [1.165, 1.54) is 41.3 Å². The van der Waals surface area contributed by atoms with Gasteiger partial charge in [0.2, 0.25) is 5.91 Å². The number of hydrogen-bond donors (Lipinski definition) is 2. The largest absolute Gasteiger partial charge is 0.462 e. The van der Waals surface area contributed by atoms with Crippen LogP contribution in [0.3, 0.4) is 0 Å². The highest BCUT2D eigenvalue weighted by Crippen LogP contribution is 2.39. The predicted molar refractivity (Wildman–Crippen MR) is 171 cm³/mol. The van der Waals surface area contributed by atoms with Crippen molar-refractivity contribution < 1.29 is 24.0 Å². The van der Waals surface area contributed by atoms with Gasteiger partial charge in [0.1, 0.15) is 5.00 Å². The minimum absolute atomic E-state index is 0.00672. The number of nitrogens with one attached hydrogen (secondary N) is 2. The van der Waals surface area contributed by atoms with Gasteiger partial charge < -0.3 is 15.4 Å². The average molecular weight is 649 g/mol. The Hall–Kier alpha value is -4.56. The third-order valence-corrected chi connectivity index (χ3v) is 9.50. The number of anilines is 1. The van der Waals surface area contributed by atoms with Crippen molar-refractivity contribution in [2.75, 3.05) is 17.7 Å². The first-order chi connectivity index (χ1) is 21.6. The van der Waals surface area contributed by atoms with Crippen LogP contribution < -0.4 is 10.6 Å². The third-order valence-electron chi connectivity index (χ3n) is 7.37. The van der Waals surface area contributed by atoms with Crippen LogP contribution in [0.2, 0.25) is 0 Å². The van der Waals surface area contributed by atoms with E-state index in [1.54, 1.807) is 18.4 Å². The van der Waals surface area contributed by atoms with E-state index < -0.39 is 16.8 Å². The number of nitrogens with zero attached hydrogens (tertiary/aromatic N) is 4. The van der Waals surface area contributed by atoms with Gasteiger partial charge in [0.05, 0.1) is 35.1 Å². The number of fused-ring (bicyclic) bond motifs is 1. The highest BCUT2D eigenvalue weighted by Gasteiger charge is 2.28. The minimum atomic E-state index is -0.522. The summed E-state index contributed by atoms with van der Waals surface area (Å²) in [6, 6.07) is 10.2. The molecule has 0 aliphatic heterocycles. The van der Waals surface area contributed by atoms with Gasteiger partial charge in [0.15, 0.2) is 11.0 Å². The Morgan fingerprint density at radius 3 is 2.62 bits per heavy atom. The molecule has 2 N–H and O–H groups in total. The smallest absolute Gasteiger partial charge is 0.341 e. The summed E-state index contributed by atoms with van der Waals surface area (Å²) in [5.74, 6) is -0.825. The lowest BCUT2D eigenvalue weighted by Crippen LogP contribution is -2.25. The first kappa shape index (κ1) is 31.9. The number of amides is 2. The Kier molecular flexibility index (Phi) is 9.63. The van der Waals surface area contributed by atoms with Crippen molar-refractivity contribution in [2.45, 2.75) is 58.7 Å². The SMILES string of the molecule is CCOC(=O)c1c(NC(=O)CSc2nnc(CNC(=O)c3ccc(C)c([N+](=O)[O-])c3)n2-c2cc(C)ccc2C)sc2c1CCC2. The number of nitro benzene ring substituents is 1. The third kappa shape index (κ3) is 6.91. The number of carbonyl (C=O) groups is 3. The molecule has 0 bridgehead atoms. The van der Waals surface area contributed by atoms with Gasteiger partial charge in [-0.2, -0.15) is 0 Å². The van der Waals surface area contributed by atoms with Gasteiger partial charge in [-0.05, 0) is 75.8 Å². The van der Waals surface area contributed by atoms with E-state index in [0.29, 0.717) is 27.1 Å². The molecule has 12 nitrogen and oxygen atoms in total. The second-order valence-electron chi connectivity index (χ2n) is 10.6. The van der Waals surface area contributed by atoms with Crippen LogP contribution in [0.25, 0.3) is 5.69 Å². The van der Waals surface area contributed by atoms with E-state index in [9.17, 15) is 24.5 Å². The minimum Gasteiger partial charge on any atom is -0.462 e. The number of carbonyl (C=O) groups excluding carboxylic acids is 3. The van der Waals surface area contributed by atoms with Crippen LogP contribution in [0.1, 0.15) is 67.0 Å². The molecule has 0 saturated heterocycles. The second kappa shape index (κ2) is 13.6. The van der Waals surface area contributed by atoms with E-state index in [4.69, 9.17) is 4.74 Å². The summed E-state index contributed by atoms with van der Waals surface area (Å²) in [5, 5.41) is 26.6. The highest BCUT2D eigenvalue weighted by molar-refractivity contribution is 7.99. The summed E-state index contributed by atoms with van der Waals surface area (Å²) < 4.78 is 7.06. The second-order valence-corrected chi connectivity index (χ2v) is 12.6. The zero-order valence-electron chi connectivity index (χ0n) is 25.3. The standard InChI is InChI=1S/C31H32N6O6S2/c1-5-43-30(40)27-21-7-6-8-24(21)45-29(27)33-26(38)16-44-31-35-34-25(36(31)22-13-17(2)9-10-18(22)3)15-32-28(39)20-12-11-19(4)23(14-20)37(41)42/h9-14H,5-8,15-16H2,1-4H3,(H,32,39)(H,33,38). The molecule has 0 atom stereocenters. The van der Waals surface area contributed by atoms with Crippen LogP contribution in [0, 0.1) is 30.9 Å². The zero-order chi connectivity index (χ0) is 32.2. The molecule has 2 amide bonds. The lowest BCUT2D eigenvalue weighted by atomic mass is 10.1. The maximum atomic E-state index is 13.2. The number of benzene rings is 2. The first-order valence-electron chi connectivity index (χ1n) is 14.4. The van der Waals surface area contributed by atoms with Crippen molar-refractivity contribution in [2.24, 2.45) is 0 Å². The van der Waals surface area contributed by atoms with E-state index in [0.717, 1.165) is 46.5 Å². The number of nitro groups is 1. The summed E-state index contributed by atoms with van der Waals surface area (Å²) in [7, 11) is 0. The normalized spacial score (nSPS) is 12.1. The highest BCUT2D eigenvalue weighted by atomic mass is 32.2. The van der Waals surface area contributed by atoms with Crippen LogP contribution in [0.15, 0.2) is 41.6 Å². The summed E-state index contributed by atoms with van der Waals surface area (Å²) in [6.45, 7) is 7.48. The average Bonchev–Trinajstić information content (AvgIpc) is 3.71. The summed E-state index contributed by atoms with van der Waals surface area (Å²) in [4.78, 5) is 50.8. The lowest BCUT2D eigenvalue weighted by Gasteiger charge is -2.14. The molecular weight excluding hydrogens is 617 g/mol. The van der Waals surface area contributed by atoms with Crippen LogP contribution in [0.5, 0.6) is 0 Å². The Labute approximate surface area is 267 Å². The van der Waals surface area contributed by atoms with Crippen molar-refractivity contribution >= 4 is 51.6 Å². The molecule has 0 saturated carbocycles. The van der Waals surface area contributed by atoms with Crippen molar-refractivity contribution in [3.63, 3.8) is 0 Å². The Morgan fingerprint density at radius 1 is 1.09 bits per heavy atom. The van der Waals surface area contributed by atoms with Gasteiger partial charge in [-0.25, -0.2) is 4.79 Å². The number of thiophene rings is 1. The number of aromatic nitrogens is 3. The van der Waals surface area contributed by atoms with Gasteiger partial charge >= 0.3 is 5.97 Å². The van der Waals surface area contributed by atoms with Gasteiger partial charge in [0, 0.05) is 22.1 Å². The molecular formula is C31H32N6O6S2. The van der Waals surface area contributed by atoms with E-state index in [1.807, 2.05) is 32.0 Å². The fraction of sp³-hybridized carbons (Fsp3) is 0.323. The molecule has 45 heavy (non-hydrogen) atoms. The Bertz CT molecular complexity index is 1810. The summed E-state index contributed by atoms with van der Waals surface area (Å²) in [6.07, 6.45) is 2.62. The van der Waals surface area contributed by atoms with Crippen LogP contribution >= 0.6 is 23.1 Å². The number of aryl methyl sites for hydroxylation is 4. The first-order valence-corrected chi connectivity index (χ1v) is 16.2. The molecule has 2 heterocycles. The Balaban J connectivity index is 1.36. The molecule has 4 aromatic rings. The summed E-state index contributed by atoms with van der Waals surface area (Å²) in [5.41, 5.74) is 4.59. The molecule has 14 heteroatoms. The van der Waals surface area contributed by atoms with E-state index >= 15 is 0 Å². The molecule has 0 fully saturated rings. The fourth-order valence-corrected chi connectivity index (χ4v) is 7.18. The quantitative estimate of drug-likeness (QED) is 0.0929. The maximum Gasteiger partial charge on any atom is 0.341 e. The van der Waals surface area contributed by atoms with Crippen LogP contribution in [-0.2, 0) is 28.9 Å². The molecule has 0 radical (unpaired) electrons. The molecule has 2 aromatic heterocycles. The van der Waals surface area contributed by atoms with Crippen molar-refractivity contribution in [1.29, 1.82) is 0 Å². The van der Waals surface area contributed by atoms with Crippen LogP contribution in [0.4, 0.5) is 10.7 Å². The van der Waals surface area contributed by atoms with E-state index in [-0.39, 0.29) is 36.1 Å². The van der Waals surface area contributed by atoms with Crippen molar-refractivity contribution in [1.82, 2.24) is 20.1 Å². The van der Waals surface area contributed by atoms with Gasteiger partial charge in [-0.3, -0.25) is 24.3 Å². The molecule has 1 aliphatic carbocycles. The summed E-state index contributed by atoms with van der Waals surface area (Å²) >= 11 is 2.59. The number of ether oxygens (including phenoxy) is 1. The molecule has 0 spiro atoms. The molecule has 234 valence electrons. The van der Waals surface area contributed by atoms with Gasteiger partial charge in [-0.15, -0.1) is 21.5 Å². The number of hydrogen-bond acceptors (Lipinski definition) is 10. The zero-order valence-corrected chi connectivity index (χ0v) is 26.9. The maximum absolute atomic E-state index is 13.2. The Morgan fingerprint density at radius 2 is 1.87 bits per heavy atom. The lowest BCUT2D eigenvalue weighted by molar-refractivity contribution is -0.385. The number of esters is 1. The fourth-order valence-electron chi connectivity index (χ4n) is 5.12. The van der Waals surface area contributed by atoms with Crippen LogP contribution in [-0.4, -0.2) is 49.8 Å². The van der Waals surface area contributed by atoms with Crippen molar-refractivity contribution in [3.05, 3.63) is 90.6 Å². The molecule has 2 aromatic carbocycles. The van der Waals surface area contributed by atoms with Gasteiger partial charge in [-0.1, -0.05) is 30.0 Å². The monoisotopic (exact) mass is 648 g/mol. The molecule has 5 rings (SSSR count). The molecule has 1 aliphatic rings. The van der Waals surface area contributed by atoms with Crippen molar-refractivity contribution in [3.8, 4) is 5.69 Å². The number of thioether (sulfide) groups is 1. The topological polar surface area (TPSA) is 158 Å². The van der Waals surface area contributed by atoms with Gasteiger partial charge in [0.25, 0.3) is 11.6 Å². The predicted octanol–water partition coefficient (Wildman–Crippen LogP) is 5.49. The van der Waals surface area contributed by atoms with E-state index in [2.05, 4.69) is 20.8 Å².